The van der Waals surface area contributed by atoms with Gasteiger partial charge in [-0.05, 0) is 75.4 Å². The van der Waals surface area contributed by atoms with Crippen LogP contribution in [-0.2, 0) is 6.54 Å². The van der Waals surface area contributed by atoms with Crippen LogP contribution < -0.4 is 10.1 Å². The van der Waals surface area contributed by atoms with E-state index in [0.29, 0.717) is 6.61 Å². The second-order valence-electron chi connectivity index (χ2n) is 4.34. The number of nitrogens with one attached hydrogen (secondary N) is 1. The van der Waals surface area contributed by atoms with E-state index in [1.807, 2.05) is 6.08 Å². The Hall–Kier alpha value is -0.320. The molecule has 0 bridgehead atoms. The van der Waals surface area contributed by atoms with Gasteiger partial charge in [0.1, 0.15) is 5.75 Å². The molecule has 0 spiro atoms. The van der Waals surface area contributed by atoms with Crippen LogP contribution in [-0.4, -0.2) is 13.2 Å². The molecule has 0 unspecified atom stereocenters. The SMILES string of the molecule is C=CCCCOc1c(Br)cc(CNCCC)cc1Br. The fraction of sp³-hybridized carbons (Fsp3) is 0.467. The van der Waals surface area contributed by atoms with Crippen LogP contribution in [0.3, 0.4) is 0 Å². The maximum atomic E-state index is 5.79. The summed E-state index contributed by atoms with van der Waals surface area (Å²) in [7, 11) is 0. The van der Waals surface area contributed by atoms with Gasteiger partial charge in [0.25, 0.3) is 0 Å². The van der Waals surface area contributed by atoms with Crippen molar-refractivity contribution in [2.24, 2.45) is 0 Å². The maximum Gasteiger partial charge on any atom is 0.147 e. The highest BCUT2D eigenvalue weighted by Gasteiger charge is 2.08. The topological polar surface area (TPSA) is 21.3 Å². The molecule has 2 nitrogen and oxygen atoms in total. The minimum Gasteiger partial charge on any atom is -0.491 e. The average molecular weight is 391 g/mol. The molecule has 1 N–H and O–H groups in total. The van der Waals surface area contributed by atoms with Crippen LogP contribution in [0.4, 0.5) is 0 Å². The van der Waals surface area contributed by atoms with Gasteiger partial charge in [0.15, 0.2) is 0 Å². The summed E-state index contributed by atoms with van der Waals surface area (Å²) >= 11 is 7.15. The fourth-order valence-electron chi connectivity index (χ4n) is 1.66. The molecule has 0 aromatic heterocycles. The summed E-state index contributed by atoms with van der Waals surface area (Å²) in [5.74, 6) is 0.878. The molecule has 4 heteroatoms. The lowest BCUT2D eigenvalue weighted by Gasteiger charge is -2.12. The summed E-state index contributed by atoms with van der Waals surface area (Å²) in [4.78, 5) is 0. The van der Waals surface area contributed by atoms with E-state index in [0.717, 1.165) is 47.0 Å². The second kappa shape index (κ2) is 9.56. The number of hydrogen-bond donors (Lipinski definition) is 1. The number of ether oxygens (including phenoxy) is 1. The summed E-state index contributed by atoms with van der Waals surface area (Å²) < 4.78 is 7.78. The molecule has 0 fully saturated rings. The van der Waals surface area contributed by atoms with E-state index in [9.17, 15) is 0 Å². The van der Waals surface area contributed by atoms with Gasteiger partial charge >= 0.3 is 0 Å². The highest BCUT2D eigenvalue weighted by Crippen LogP contribution is 2.34. The molecule has 0 saturated carbocycles. The zero-order valence-corrected chi connectivity index (χ0v) is 14.5. The number of halogens is 2. The van der Waals surface area contributed by atoms with Crippen molar-refractivity contribution in [3.8, 4) is 5.75 Å². The van der Waals surface area contributed by atoms with Gasteiger partial charge in [0.2, 0.25) is 0 Å². The highest BCUT2D eigenvalue weighted by molar-refractivity contribution is 9.11. The average Bonchev–Trinajstić information content (AvgIpc) is 2.37. The Kier molecular flexibility index (Phi) is 8.42. The van der Waals surface area contributed by atoms with Crippen molar-refractivity contribution in [1.82, 2.24) is 5.32 Å². The lowest BCUT2D eigenvalue weighted by atomic mass is 10.2. The van der Waals surface area contributed by atoms with Gasteiger partial charge in [-0.25, -0.2) is 0 Å². The van der Waals surface area contributed by atoms with Gasteiger partial charge in [-0.1, -0.05) is 13.0 Å². The molecule has 0 atom stereocenters. The van der Waals surface area contributed by atoms with Gasteiger partial charge in [-0.2, -0.15) is 0 Å². The molecular formula is C15H21Br2NO. The lowest BCUT2D eigenvalue weighted by Crippen LogP contribution is -2.13. The van der Waals surface area contributed by atoms with Gasteiger partial charge < -0.3 is 10.1 Å². The van der Waals surface area contributed by atoms with Crippen molar-refractivity contribution in [3.05, 3.63) is 39.3 Å². The Morgan fingerprint density at radius 3 is 2.58 bits per heavy atom. The number of rotatable bonds is 9. The summed E-state index contributed by atoms with van der Waals surface area (Å²) in [6.07, 6.45) is 5.03. The molecule has 1 aromatic rings. The number of benzene rings is 1. The number of hydrogen-bond acceptors (Lipinski definition) is 2. The van der Waals surface area contributed by atoms with E-state index in [1.165, 1.54) is 5.56 Å². The minimum atomic E-state index is 0.705. The van der Waals surface area contributed by atoms with Gasteiger partial charge in [0.05, 0.1) is 15.6 Å². The second-order valence-corrected chi connectivity index (χ2v) is 6.05. The van der Waals surface area contributed by atoms with E-state index in [4.69, 9.17) is 4.74 Å². The normalized spacial score (nSPS) is 10.5. The molecule has 0 radical (unpaired) electrons. The molecule has 0 aliphatic heterocycles. The molecule has 0 aliphatic rings. The third kappa shape index (κ3) is 6.11. The maximum absolute atomic E-state index is 5.79. The van der Waals surface area contributed by atoms with Gasteiger partial charge in [-0.3, -0.25) is 0 Å². The first-order valence-electron chi connectivity index (χ1n) is 6.61. The van der Waals surface area contributed by atoms with Crippen molar-refractivity contribution >= 4 is 31.9 Å². The number of allylic oxidation sites excluding steroid dienone is 1. The third-order valence-corrected chi connectivity index (χ3v) is 3.79. The minimum absolute atomic E-state index is 0.705. The molecule has 19 heavy (non-hydrogen) atoms. The molecule has 0 amide bonds. The van der Waals surface area contributed by atoms with Crippen molar-refractivity contribution < 1.29 is 4.74 Å². The van der Waals surface area contributed by atoms with Crippen molar-refractivity contribution in [1.29, 1.82) is 0 Å². The van der Waals surface area contributed by atoms with Crippen LogP contribution in [0.15, 0.2) is 33.7 Å². The molecule has 1 rings (SSSR count). The molecule has 1 aromatic carbocycles. The first-order valence-corrected chi connectivity index (χ1v) is 8.20. The molecular weight excluding hydrogens is 370 g/mol. The Morgan fingerprint density at radius 2 is 2.00 bits per heavy atom. The molecule has 106 valence electrons. The Morgan fingerprint density at radius 1 is 1.32 bits per heavy atom. The van der Waals surface area contributed by atoms with E-state index in [-0.39, 0.29) is 0 Å². The first-order chi connectivity index (χ1) is 9.19. The fourth-order valence-corrected chi connectivity index (χ4v) is 3.17. The summed E-state index contributed by atoms with van der Waals surface area (Å²) in [6, 6.07) is 4.21. The zero-order valence-electron chi connectivity index (χ0n) is 11.3. The molecule has 0 saturated heterocycles. The predicted molar refractivity (Wildman–Crippen MR) is 88.8 cm³/mol. The van der Waals surface area contributed by atoms with E-state index < -0.39 is 0 Å². The summed E-state index contributed by atoms with van der Waals surface area (Å²) in [5, 5.41) is 3.39. The van der Waals surface area contributed by atoms with Gasteiger partial charge in [-0.15, -0.1) is 6.58 Å². The van der Waals surface area contributed by atoms with Crippen LogP contribution in [0, 0.1) is 0 Å². The quantitative estimate of drug-likeness (QED) is 0.470. The standard InChI is InChI=1S/C15H21Br2NO/c1-3-5-6-8-19-15-13(16)9-12(10-14(15)17)11-18-7-4-2/h3,9-10,18H,1,4-8,11H2,2H3. The lowest BCUT2D eigenvalue weighted by molar-refractivity contribution is 0.308. The monoisotopic (exact) mass is 389 g/mol. The third-order valence-electron chi connectivity index (χ3n) is 2.61. The van der Waals surface area contributed by atoms with Crippen molar-refractivity contribution in [3.63, 3.8) is 0 Å². The van der Waals surface area contributed by atoms with Crippen LogP contribution in [0.25, 0.3) is 0 Å². The predicted octanol–water partition coefficient (Wildman–Crippen LogP) is 5.06. The van der Waals surface area contributed by atoms with Crippen LogP contribution in [0.5, 0.6) is 5.75 Å². The van der Waals surface area contributed by atoms with Crippen LogP contribution in [0.2, 0.25) is 0 Å². The molecule has 0 heterocycles. The van der Waals surface area contributed by atoms with Crippen LogP contribution in [0.1, 0.15) is 31.7 Å². The van der Waals surface area contributed by atoms with Crippen LogP contribution >= 0.6 is 31.9 Å². The Balaban J connectivity index is 2.60. The van der Waals surface area contributed by atoms with E-state index in [1.54, 1.807) is 0 Å². The zero-order chi connectivity index (χ0) is 14.1. The summed E-state index contributed by atoms with van der Waals surface area (Å²) in [5.41, 5.74) is 1.24. The van der Waals surface area contributed by atoms with E-state index >= 15 is 0 Å². The Bertz CT molecular complexity index is 384. The van der Waals surface area contributed by atoms with Crippen molar-refractivity contribution in [2.45, 2.75) is 32.7 Å². The van der Waals surface area contributed by atoms with Crippen molar-refractivity contribution in [2.75, 3.05) is 13.2 Å². The van der Waals surface area contributed by atoms with Gasteiger partial charge in [0, 0.05) is 6.54 Å². The highest BCUT2D eigenvalue weighted by atomic mass is 79.9. The molecule has 0 aliphatic carbocycles. The van der Waals surface area contributed by atoms with E-state index in [2.05, 4.69) is 62.8 Å². The smallest absolute Gasteiger partial charge is 0.147 e. The first kappa shape index (κ1) is 16.7. The largest absolute Gasteiger partial charge is 0.491 e. The Labute approximate surface area is 132 Å². The summed E-state index contributed by atoms with van der Waals surface area (Å²) in [6.45, 7) is 8.49. The number of unbranched alkanes of at least 4 members (excludes halogenated alkanes) is 1.